The zero-order valence-electron chi connectivity index (χ0n) is 11.1. The normalized spacial score (nSPS) is 17.6. The monoisotopic (exact) mass is 274 g/mol. The summed E-state index contributed by atoms with van der Waals surface area (Å²) in [6, 6.07) is 6.36. The molecule has 1 heterocycles. The molecule has 1 aromatic carbocycles. The summed E-state index contributed by atoms with van der Waals surface area (Å²) in [5.74, 6) is -0.668. The Labute approximate surface area is 115 Å². The summed E-state index contributed by atoms with van der Waals surface area (Å²) < 4.78 is 4.68. The number of nitrogens with zero attached hydrogens (tertiary/aromatic N) is 1. The van der Waals surface area contributed by atoms with Gasteiger partial charge in [0.2, 0.25) is 0 Å². The van der Waals surface area contributed by atoms with Crippen molar-refractivity contribution in [3.63, 3.8) is 0 Å². The summed E-state index contributed by atoms with van der Waals surface area (Å²) in [6.45, 7) is 1.82. The van der Waals surface area contributed by atoms with E-state index < -0.39 is 10.9 Å². The molecule has 0 aliphatic carbocycles. The first-order valence-corrected chi connectivity index (χ1v) is 6.01. The molecule has 0 fully saturated rings. The molecule has 6 nitrogen and oxygen atoms in total. The van der Waals surface area contributed by atoms with Gasteiger partial charge in [-0.1, -0.05) is 18.2 Å². The number of non-ortho nitro benzene ring substituents is 1. The van der Waals surface area contributed by atoms with Gasteiger partial charge in [-0.3, -0.25) is 10.1 Å². The highest BCUT2D eigenvalue weighted by Gasteiger charge is 2.20. The second-order valence-electron chi connectivity index (χ2n) is 4.42. The van der Waals surface area contributed by atoms with Crippen LogP contribution in [0.5, 0.6) is 0 Å². The molecular weight excluding hydrogens is 260 g/mol. The van der Waals surface area contributed by atoms with Crippen molar-refractivity contribution in [1.29, 1.82) is 0 Å². The molecule has 6 heteroatoms. The number of hydrogen-bond acceptors (Lipinski definition) is 5. The molecule has 1 aliphatic rings. The Morgan fingerprint density at radius 1 is 1.40 bits per heavy atom. The van der Waals surface area contributed by atoms with Crippen molar-refractivity contribution in [3.8, 4) is 0 Å². The van der Waals surface area contributed by atoms with E-state index in [2.05, 4.69) is 10.1 Å². The van der Waals surface area contributed by atoms with Gasteiger partial charge in [-0.25, -0.2) is 4.79 Å². The van der Waals surface area contributed by atoms with E-state index in [0.29, 0.717) is 5.70 Å². The number of hydrogen-bond donors (Lipinski definition) is 1. The van der Waals surface area contributed by atoms with Gasteiger partial charge in [0, 0.05) is 23.7 Å². The summed E-state index contributed by atoms with van der Waals surface area (Å²) in [7, 11) is 1.31. The van der Waals surface area contributed by atoms with Crippen molar-refractivity contribution in [1.82, 2.24) is 5.32 Å². The summed E-state index contributed by atoms with van der Waals surface area (Å²) in [6.07, 6.45) is 3.59. The number of nitro benzene ring substituents is 1. The van der Waals surface area contributed by atoms with Crippen LogP contribution in [0.15, 0.2) is 47.8 Å². The summed E-state index contributed by atoms with van der Waals surface area (Å²) >= 11 is 0. The van der Waals surface area contributed by atoms with Crippen LogP contribution in [0.25, 0.3) is 0 Å². The van der Waals surface area contributed by atoms with E-state index in [-0.39, 0.29) is 11.6 Å². The number of nitro groups is 1. The quantitative estimate of drug-likeness (QED) is 0.519. The van der Waals surface area contributed by atoms with Gasteiger partial charge < -0.3 is 10.1 Å². The van der Waals surface area contributed by atoms with Gasteiger partial charge in [-0.15, -0.1) is 0 Å². The average Bonchev–Trinajstić information content (AvgIpc) is 2.45. The van der Waals surface area contributed by atoms with E-state index in [1.807, 2.05) is 13.0 Å². The van der Waals surface area contributed by atoms with Crippen LogP contribution < -0.4 is 5.32 Å². The maximum atomic E-state index is 11.6. The zero-order chi connectivity index (χ0) is 14.7. The Bertz CT molecular complexity index is 619. The van der Waals surface area contributed by atoms with Crippen molar-refractivity contribution >= 4 is 11.7 Å². The van der Waals surface area contributed by atoms with Crippen LogP contribution in [-0.4, -0.2) is 18.0 Å². The molecule has 0 spiro atoms. The standard InChI is InChI=1S/C14H14N2O4/c1-9-6-11(8-13(15-9)14(17)20-2)10-4-3-5-12(7-10)16(18)19/h3-8,11,15H,1-2H3. The number of allylic oxidation sites excluding steroid dienone is 3. The van der Waals surface area contributed by atoms with Crippen LogP contribution in [-0.2, 0) is 9.53 Å². The first-order chi connectivity index (χ1) is 9.51. The second kappa shape index (κ2) is 5.56. The minimum atomic E-state index is -0.465. The maximum Gasteiger partial charge on any atom is 0.354 e. The predicted molar refractivity (Wildman–Crippen MR) is 72.8 cm³/mol. The highest BCUT2D eigenvalue weighted by Crippen LogP contribution is 2.27. The first kappa shape index (κ1) is 13.8. The molecular formula is C14H14N2O4. The Kier molecular flexibility index (Phi) is 3.84. The molecule has 1 N–H and O–H groups in total. The fraction of sp³-hybridized carbons (Fsp3) is 0.214. The lowest BCUT2D eigenvalue weighted by molar-refractivity contribution is -0.384. The third kappa shape index (κ3) is 2.85. The van der Waals surface area contributed by atoms with E-state index in [9.17, 15) is 14.9 Å². The summed E-state index contributed by atoms with van der Waals surface area (Å²) in [5.41, 5.74) is 1.91. The molecule has 104 valence electrons. The molecule has 0 aromatic heterocycles. The van der Waals surface area contributed by atoms with Crippen LogP contribution >= 0.6 is 0 Å². The van der Waals surface area contributed by atoms with Crippen molar-refractivity contribution in [2.45, 2.75) is 12.8 Å². The Balaban J connectivity index is 2.37. The largest absolute Gasteiger partial charge is 0.464 e. The molecule has 0 radical (unpaired) electrons. The van der Waals surface area contributed by atoms with E-state index in [0.717, 1.165) is 11.3 Å². The van der Waals surface area contributed by atoms with E-state index in [1.54, 1.807) is 18.2 Å². The number of benzene rings is 1. The van der Waals surface area contributed by atoms with Gasteiger partial charge in [0.25, 0.3) is 5.69 Å². The topological polar surface area (TPSA) is 81.5 Å². The smallest absolute Gasteiger partial charge is 0.354 e. The third-order valence-corrected chi connectivity index (χ3v) is 2.98. The van der Waals surface area contributed by atoms with Crippen LogP contribution in [0.4, 0.5) is 5.69 Å². The Morgan fingerprint density at radius 3 is 2.80 bits per heavy atom. The van der Waals surface area contributed by atoms with Crippen LogP contribution in [0, 0.1) is 10.1 Å². The van der Waals surface area contributed by atoms with Gasteiger partial charge >= 0.3 is 5.97 Å². The molecule has 20 heavy (non-hydrogen) atoms. The van der Waals surface area contributed by atoms with E-state index in [4.69, 9.17) is 0 Å². The van der Waals surface area contributed by atoms with E-state index in [1.165, 1.54) is 19.2 Å². The predicted octanol–water partition coefficient (Wildman–Crippen LogP) is 2.24. The molecule has 0 amide bonds. The minimum Gasteiger partial charge on any atom is -0.464 e. The van der Waals surface area contributed by atoms with E-state index >= 15 is 0 Å². The molecule has 1 unspecified atom stereocenters. The minimum absolute atomic E-state index is 0.0279. The lowest BCUT2D eigenvalue weighted by atomic mass is 9.94. The number of rotatable bonds is 3. The number of dihydropyridines is 1. The fourth-order valence-electron chi connectivity index (χ4n) is 2.06. The van der Waals surface area contributed by atoms with Crippen molar-refractivity contribution in [2.24, 2.45) is 0 Å². The highest BCUT2D eigenvalue weighted by molar-refractivity contribution is 5.88. The molecule has 1 aromatic rings. The number of carbonyl (C=O) groups excluding carboxylic acids is 1. The van der Waals surface area contributed by atoms with Crippen LogP contribution in [0.3, 0.4) is 0 Å². The van der Waals surface area contributed by atoms with Gasteiger partial charge in [-0.05, 0) is 18.6 Å². The number of nitrogens with one attached hydrogen (secondary N) is 1. The van der Waals surface area contributed by atoms with Gasteiger partial charge in [0.15, 0.2) is 0 Å². The summed E-state index contributed by atoms with van der Waals surface area (Å²) in [5, 5.41) is 13.7. The summed E-state index contributed by atoms with van der Waals surface area (Å²) in [4.78, 5) is 21.9. The number of methoxy groups -OCH3 is 1. The average molecular weight is 274 g/mol. The lowest BCUT2D eigenvalue weighted by Gasteiger charge is -2.20. The molecule has 1 aliphatic heterocycles. The third-order valence-electron chi connectivity index (χ3n) is 2.98. The molecule has 0 saturated heterocycles. The van der Waals surface area contributed by atoms with Crippen molar-refractivity contribution in [2.75, 3.05) is 7.11 Å². The number of ether oxygens (including phenoxy) is 1. The van der Waals surface area contributed by atoms with Gasteiger partial charge in [-0.2, -0.15) is 0 Å². The maximum absolute atomic E-state index is 11.6. The van der Waals surface area contributed by atoms with Crippen molar-refractivity contribution < 1.29 is 14.5 Å². The first-order valence-electron chi connectivity index (χ1n) is 6.01. The fourth-order valence-corrected chi connectivity index (χ4v) is 2.06. The molecule has 2 rings (SSSR count). The molecule has 0 saturated carbocycles. The Morgan fingerprint density at radius 2 is 2.15 bits per heavy atom. The molecule has 1 atom stereocenters. The van der Waals surface area contributed by atoms with Crippen molar-refractivity contribution in [3.05, 3.63) is 63.5 Å². The Hall–Kier alpha value is -2.63. The second-order valence-corrected chi connectivity index (χ2v) is 4.42. The number of esters is 1. The zero-order valence-corrected chi connectivity index (χ0v) is 11.1. The SMILES string of the molecule is COC(=O)C1=CC(c2cccc([N+](=O)[O-])c2)C=C(C)N1. The number of carbonyl (C=O) groups is 1. The van der Waals surface area contributed by atoms with Gasteiger partial charge in [0.1, 0.15) is 5.70 Å². The highest BCUT2D eigenvalue weighted by atomic mass is 16.6. The molecule has 0 bridgehead atoms. The van der Waals surface area contributed by atoms with Crippen LogP contribution in [0.1, 0.15) is 18.4 Å². The van der Waals surface area contributed by atoms with Gasteiger partial charge in [0.05, 0.1) is 12.0 Å². The lowest BCUT2D eigenvalue weighted by Crippen LogP contribution is -2.24. The van der Waals surface area contributed by atoms with Crippen LogP contribution in [0.2, 0.25) is 0 Å².